The zero-order valence-corrected chi connectivity index (χ0v) is 19.2. The molecular formula is C27H28N2O3. The van der Waals surface area contributed by atoms with E-state index in [0.717, 1.165) is 5.56 Å². The van der Waals surface area contributed by atoms with E-state index < -0.39 is 6.04 Å². The van der Waals surface area contributed by atoms with Gasteiger partial charge in [-0.15, -0.1) is 0 Å². The minimum atomic E-state index is -0.590. The van der Waals surface area contributed by atoms with Crippen LogP contribution in [0.3, 0.4) is 0 Å². The van der Waals surface area contributed by atoms with Crippen LogP contribution in [-0.2, 0) is 10.2 Å². The van der Waals surface area contributed by atoms with Gasteiger partial charge >= 0.3 is 0 Å². The average molecular weight is 429 g/mol. The molecule has 0 saturated carbocycles. The molecule has 2 aromatic carbocycles. The molecule has 2 heterocycles. The summed E-state index contributed by atoms with van der Waals surface area (Å²) in [5.41, 5.74) is 2.51. The van der Waals surface area contributed by atoms with Gasteiger partial charge < -0.3 is 0 Å². The molecule has 0 bridgehead atoms. The Bertz CT molecular complexity index is 1430. The van der Waals surface area contributed by atoms with Gasteiger partial charge in [0.1, 0.15) is 6.04 Å². The zero-order valence-electron chi connectivity index (χ0n) is 19.2. The van der Waals surface area contributed by atoms with Crippen molar-refractivity contribution in [1.29, 1.82) is 0 Å². The molecular weight excluding hydrogens is 400 g/mol. The topological polar surface area (TPSA) is 61.1 Å². The smallest absolute Gasteiger partial charge is 0.277 e. The van der Waals surface area contributed by atoms with Crippen LogP contribution in [0.2, 0.25) is 0 Å². The molecule has 0 saturated heterocycles. The van der Waals surface area contributed by atoms with Crippen molar-refractivity contribution in [3.05, 3.63) is 85.9 Å². The normalized spacial score (nSPS) is 19.9. The molecule has 1 unspecified atom stereocenters. The van der Waals surface area contributed by atoms with E-state index in [1.807, 2.05) is 26.0 Å². The van der Waals surface area contributed by atoms with Gasteiger partial charge in [0.2, 0.25) is 0 Å². The van der Waals surface area contributed by atoms with Crippen LogP contribution in [0.4, 0.5) is 0 Å². The van der Waals surface area contributed by atoms with E-state index >= 15 is 0 Å². The summed E-state index contributed by atoms with van der Waals surface area (Å²) in [5.74, 6) is 0.0141. The fourth-order valence-corrected chi connectivity index (χ4v) is 5.16. The third-order valence-corrected chi connectivity index (χ3v) is 6.77. The predicted octanol–water partition coefficient (Wildman–Crippen LogP) is 4.66. The Hall–Kier alpha value is -3.21. The van der Waals surface area contributed by atoms with Crippen molar-refractivity contribution in [3.63, 3.8) is 0 Å². The Morgan fingerprint density at radius 1 is 0.844 bits per heavy atom. The number of carbonyl (C=O) groups is 1. The molecule has 1 aliphatic heterocycles. The highest BCUT2D eigenvalue weighted by atomic mass is 16.2. The first kappa shape index (κ1) is 20.7. The monoisotopic (exact) mass is 428 g/mol. The third kappa shape index (κ3) is 2.94. The second kappa shape index (κ2) is 6.64. The van der Waals surface area contributed by atoms with Gasteiger partial charge in [-0.05, 0) is 40.5 Å². The Morgan fingerprint density at radius 2 is 1.44 bits per heavy atom. The highest BCUT2D eigenvalue weighted by molar-refractivity contribution is 6.04. The summed E-state index contributed by atoms with van der Waals surface area (Å²) >= 11 is 0. The first-order chi connectivity index (χ1) is 15.0. The number of allylic oxidation sites excluding steroid dienone is 2. The number of hydrogen-bond donors (Lipinski definition) is 0. The molecule has 0 fully saturated rings. The van der Waals surface area contributed by atoms with E-state index in [2.05, 4.69) is 32.9 Å². The van der Waals surface area contributed by atoms with Gasteiger partial charge in [0, 0.05) is 12.0 Å². The van der Waals surface area contributed by atoms with E-state index in [1.54, 1.807) is 24.3 Å². The lowest BCUT2D eigenvalue weighted by Crippen LogP contribution is -2.37. The number of benzene rings is 2. The molecule has 164 valence electrons. The van der Waals surface area contributed by atoms with Crippen LogP contribution in [0.5, 0.6) is 0 Å². The fourth-order valence-electron chi connectivity index (χ4n) is 5.16. The van der Waals surface area contributed by atoms with Gasteiger partial charge in [-0.1, -0.05) is 71.0 Å². The van der Waals surface area contributed by atoms with Gasteiger partial charge in [0.15, 0.2) is 5.78 Å². The summed E-state index contributed by atoms with van der Waals surface area (Å²) in [7, 11) is 0. The average Bonchev–Trinajstić information content (AvgIpc) is 3.06. The maximum Gasteiger partial charge on any atom is 0.277 e. The molecule has 1 aliphatic carbocycles. The summed E-state index contributed by atoms with van der Waals surface area (Å²) in [6.45, 7) is 10.5. The summed E-state index contributed by atoms with van der Waals surface area (Å²) in [6.07, 6.45) is 0.974. The second-order valence-corrected chi connectivity index (χ2v) is 10.9. The molecule has 5 rings (SSSR count). The molecule has 0 N–H and O–H groups in total. The number of ketones is 1. The van der Waals surface area contributed by atoms with Crippen molar-refractivity contribution in [2.24, 2.45) is 5.41 Å². The van der Waals surface area contributed by atoms with Gasteiger partial charge in [-0.3, -0.25) is 14.4 Å². The molecule has 0 radical (unpaired) electrons. The quantitative estimate of drug-likeness (QED) is 0.566. The van der Waals surface area contributed by atoms with Crippen LogP contribution >= 0.6 is 0 Å². The fraction of sp³-hybridized carbons (Fsp3) is 0.370. The lowest BCUT2D eigenvalue weighted by atomic mass is 9.74. The Morgan fingerprint density at radius 3 is 2.03 bits per heavy atom. The number of fused-ring (bicyclic) bond motifs is 3. The van der Waals surface area contributed by atoms with E-state index in [4.69, 9.17) is 0 Å². The zero-order chi connectivity index (χ0) is 23.0. The van der Waals surface area contributed by atoms with E-state index in [0.29, 0.717) is 34.9 Å². The summed E-state index contributed by atoms with van der Waals surface area (Å²) in [4.78, 5) is 40.6. The highest BCUT2D eigenvalue weighted by Gasteiger charge is 2.44. The van der Waals surface area contributed by atoms with Crippen molar-refractivity contribution in [2.45, 2.75) is 58.9 Å². The van der Waals surface area contributed by atoms with E-state index in [9.17, 15) is 14.4 Å². The number of rotatable bonds is 1. The number of carbonyl (C=O) groups excluding carboxylic acids is 1. The first-order valence-corrected chi connectivity index (χ1v) is 11.1. The second-order valence-electron chi connectivity index (χ2n) is 10.9. The Kier molecular flexibility index (Phi) is 4.29. The van der Waals surface area contributed by atoms with Crippen molar-refractivity contribution >= 4 is 22.3 Å². The molecule has 32 heavy (non-hydrogen) atoms. The molecule has 0 amide bonds. The van der Waals surface area contributed by atoms with Gasteiger partial charge in [0.05, 0.1) is 16.5 Å². The number of Topliss-reactive ketones (excluding diaryl/α,β-unsaturated/α-hetero) is 1. The lowest BCUT2D eigenvalue weighted by molar-refractivity contribution is -0.118. The van der Waals surface area contributed by atoms with E-state index in [1.165, 1.54) is 14.9 Å². The molecule has 2 aliphatic rings. The van der Waals surface area contributed by atoms with Crippen molar-refractivity contribution in [2.75, 3.05) is 0 Å². The molecule has 3 aromatic rings. The molecule has 1 atom stereocenters. The van der Waals surface area contributed by atoms with Crippen LogP contribution in [0.15, 0.2) is 63.7 Å². The molecule has 0 spiro atoms. The predicted molar refractivity (Wildman–Crippen MR) is 127 cm³/mol. The maximum atomic E-state index is 13.7. The van der Waals surface area contributed by atoms with Crippen LogP contribution in [-0.4, -0.2) is 15.1 Å². The van der Waals surface area contributed by atoms with E-state index in [-0.39, 0.29) is 27.7 Å². The number of hydrogen-bond acceptors (Lipinski definition) is 3. The highest BCUT2D eigenvalue weighted by Crippen LogP contribution is 2.46. The summed E-state index contributed by atoms with van der Waals surface area (Å²) in [5, 5.41) is 0.775. The number of nitrogens with zero attached hydrogens (tertiary/aromatic N) is 2. The van der Waals surface area contributed by atoms with Crippen molar-refractivity contribution in [3.8, 4) is 0 Å². The first-order valence-electron chi connectivity index (χ1n) is 11.1. The van der Waals surface area contributed by atoms with Crippen LogP contribution in [0, 0.1) is 5.41 Å². The van der Waals surface area contributed by atoms with Crippen LogP contribution in [0.25, 0.3) is 16.5 Å². The molecule has 5 heteroatoms. The minimum Gasteiger partial charge on any atom is -0.294 e. The lowest BCUT2D eigenvalue weighted by Gasteiger charge is -2.30. The van der Waals surface area contributed by atoms with Crippen LogP contribution in [0.1, 0.15) is 64.6 Å². The van der Waals surface area contributed by atoms with Crippen molar-refractivity contribution in [1.82, 2.24) is 9.36 Å². The van der Waals surface area contributed by atoms with Gasteiger partial charge in [-0.25, -0.2) is 9.36 Å². The SMILES string of the molecule is CC1(C)CC(=O)C2=C(C1)n1c(=O)c3ccccc3c(=O)n1C2c1ccc(C(C)(C)C)cc1. The Balaban J connectivity index is 1.84. The number of aromatic nitrogens is 2. The maximum absolute atomic E-state index is 13.7. The van der Waals surface area contributed by atoms with Crippen LogP contribution < -0.4 is 11.1 Å². The molecule has 5 nitrogen and oxygen atoms in total. The summed E-state index contributed by atoms with van der Waals surface area (Å²) in [6, 6.07) is 14.4. The largest absolute Gasteiger partial charge is 0.294 e. The standard InChI is InChI=1S/C27H28N2O3/c1-26(2,3)17-12-10-16(11-13-17)23-22-20(14-27(4,5)15-21(22)30)28-24(31)18-8-6-7-9-19(18)25(32)29(23)28/h6-13,23H,14-15H2,1-5H3. The van der Waals surface area contributed by atoms with Crippen molar-refractivity contribution < 1.29 is 4.79 Å². The summed E-state index contributed by atoms with van der Waals surface area (Å²) < 4.78 is 3.00. The Labute approximate surface area is 187 Å². The van der Waals surface area contributed by atoms with Gasteiger partial charge in [0.25, 0.3) is 11.1 Å². The minimum absolute atomic E-state index is 0.00873. The third-order valence-electron chi connectivity index (χ3n) is 6.77. The molecule has 1 aromatic heterocycles. The van der Waals surface area contributed by atoms with Gasteiger partial charge in [-0.2, -0.15) is 0 Å².